The van der Waals surface area contributed by atoms with E-state index in [0.29, 0.717) is 11.4 Å². The second kappa shape index (κ2) is 8.29. The van der Waals surface area contributed by atoms with Gasteiger partial charge in [-0.2, -0.15) is 5.10 Å². The summed E-state index contributed by atoms with van der Waals surface area (Å²) in [6.45, 7) is 0. The predicted molar refractivity (Wildman–Crippen MR) is 126 cm³/mol. The third-order valence-electron chi connectivity index (χ3n) is 5.26. The van der Waals surface area contributed by atoms with Crippen molar-refractivity contribution in [2.45, 2.75) is 9.79 Å². The van der Waals surface area contributed by atoms with Crippen LogP contribution in [-0.4, -0.2) is 18.2 Å². The smallest absolute Gasteiger partial charge is 0.210 e. The van der Waals surface area contributed by atoms with Crippen LogP contribution in [0.25, 0.3) is 28.2 Å². The van der Waals surface area contributed by atoms with E-state index in [9.17, 15) is 8.42 Å². The van der Waals surface area contributed by atoms with Gasteiger partial charge in [0.2, 0.25) is 9.84 Å². The molecule has 0 fully saturated rings. The Morgan fingerprint density at radius 2 is 1.03 bits per heavy atom. The van der Waals surface area contributed by atoms with Gasteiger partial charge in [0.15, 0.2) is 0 Å². The summed E-state index contributed by atoms with van der Waals surface area (Å²) in [5.41, 5.74) is 3.28. The molecule has 4 nitrogen and oxygen atoms in total. The van der Waals surface area contributed by atoms with Crippen LogP contribution in [0.3, 0.4) is 0 Å². The van der Waals surface area contributed by atoms with E-state index >= 15 is 0 Å². The van der Waals surface area contributed by atoms with Crippen molar-refractivity contribution in [3.05, 3.63) is 121 Å². The van der Waals surface area contributed by atoms with E-state index in [4.69, 9.17) is 5.10 Å². The minimum Gasteiger partial charge on any atom is -0.231 e. The molecule has 0 amide bonds. The van der Waals surface area contributed by atoms with Gasteiger partial charge >= 0.3 is 0 Å². The second-order valence-electron chi connectivity index (χ2n) is 7.32. The van der Waals surface area contributed by atoms with Gasteiger partial charge in [0.25, 0.3) is 0 Å². The molecule has 0 aliphatic heterocycles. The summed E-state index contributed by atoms with van der Waals surface area (Å²) in [4.78, 5) is 0.437. The first kappa shape index (κ1) is 20.0. The van der Waals surface area contributed by atoms with Crippen molar-refractivity contribution in [1.82, 2.24) is 9.78 Å². The molecule has 0 bridgehead atoms. The lowest BCUT2D eigenvalue weighted by atomic mass is 10.1. The Bertz CT molecular complexity index is 1450. The number of aromatic nitrogens is 2. The first-order chi connectivity index (χ1) is 15.7. The largest absolute Gasteiger partial charge is 0.231 e. The van der Waals surface area contributed by atoms with Crippen LogP contribution in [0.5, 0.6) is 0 Å². The lowest BCUT2D eigenvalue weighted by Gasteiger charge is -2.11. The van der Waals surface area contributed by atoms with Gasteiger partial charge in [0.05, 0.1) is 16.3 Å². The van der Waals surface area contributed by atoms with Crippen molar-refractivity contribution in [3.8, 4) is 28.2 Å². The van der Waals surface area contributed by atoms with E-state index in [1.165, 1.54) is 0 Å². The fraction of sp³-hybridized carbons (Fsp3) is 0. The highest BCUT2D eigenvalue weighted by Gasteiger charge is 2.32. The second-order valence-corrected chi connectivity index (χ2v) is 9.21. The van der Waals surface area contributed by atoms with Gasteiger partial charge in [-0.05, 0) is 24.3 Å². The van der Waals surface area contributed by atoms with Crippen molar-refractivity contribution >= 4 is 9.84 Å². The molecule has 0 saturated heterocycles. The maximum Gasteiger partial charge on any atom is 0.210 e. The molecule has 0 unspecified atom stereocenters. The highest BCUT2D eigenvalue weighted by molar-refractivity contribution is 7.91. The maximum atomic E-state index is 14.0. The lowest BCUT2D eigenvalue weighted by Crippen LogP contribution is -2.06. The molecule has 0 radical (unpaired) electrons. The average molecular weight is 437 g/mol. The van der Waals surface area contributed by atoms with Crippen LogP contribution in [-0.2, 0) is 9.84 Å². The van der Waals surface area contributed by atoms with Gasteiger partial charge in [-0.3, -0.25) is 0 Å². The summed E-state index contributed by atoms with van der Waals surface area (Å²) in [7, 11) is -3.87. The van der Waals surface area contributed by atoms with Crippen LogP contribution in [0.15, 0.2) is 131 Å². The number of para-hydroxylation sites is 1. The Morgan fingerprint density at radius 1 is 0.562 bits per heavy atom. The molecule has 0 saturated carbocycles. The SMILES string of the molecule is O=S(=O)(c1ccccc1)c1c(-c2ccccc2)nn(-c2ccccc2)c1-c1ccccc1. The highest BCUT2D eigenvalue weighted by atomic mass is 32.2. The summed E-state index contributed by atoms with van der Waals surface area (Å²) >= 11 is 0. The summed E-state index contributed by atoms with van der Waals surface area (Å²) in [6.07, 6.45) is 0. The zero-order chi connectivity index (χ0) is 22.0. The zero-order valence-corrected chi connectivity index (χ0v) is 18.0. The Morgan fingerprint density at radius 3 is 1.59 bits per heavy atom. The Hall–Kier alpha value is -3.96. The molecule has 32 heavy (non-hydrogen) atoms. The third-order valence-corrected chi connectivity index (χ3v) is 7.08. The minimum absolute atomic E-state index is 0.199. The molecule has 156 valence electrons. The van der Waals surface area contributed by atoms with Crippen molar-refractivity contribution in [3.63, 3.8) is 0 Å². The molecule has 5 rings (SSSR count). The molecule has 1 heterocycles. The van der Waals surface area contributed by atoms with Crippen LogP contribution >= 0.6 is 0 Å². The molecule has 0 atom stereocenters. The summed E-state index contributed by atoms with van der Waals surface area (Å²) in [5.74, 6) is 0. The first-order valence-electron chi connectivity index (χ1n) is 10.3. The Kier molecular flexibility index (Phi) is 5.17. The number of nitrogens with zero attached hydrogens (tertiary/aromatic N) is 2. The third kappa shape index (κ3) is 3.53. The fourth-order valence-electron chi connectivity index (χ4n) is 3.77. The van der Waals surface area contributed by atoms with Crippen molar-refractivity contribution in [2.24, 2.45) is 0 Å². The first-order valence-corrected chi connectivity index (χ1v) is 11.7. The highest BCUT2D eigenvalue weighted by Crippen LogP contribution is 2.40. The monoisotopic (exact) mass is 436 g/mol. The predicted octanol–water partition coefficient (Wildman–Crippen LogP) is 6.04. The molecule has 5 heteroatoms. The van der Waals surface area contributed by atoms with Gasteiger partial charge in [0.1, 0.15) is 10.6 Å². The average Bonchev–Trinajstić information content (AvgIpc) is 3.28. The summed E-state index contributed by atoms with van der Waals surface area (Å²) < 4.78 is 29.8. The van der Waals surface area contributed by atoms with Gasteiger partial charge in [-0.25, -0.2) is 13.1 Å². The number of hydrogen-bond acceptors (Lipinski definition) is 3. The molecule has 0 aliphatic rings. The molecule has 0 aliphatic carbocycles. The molecular weight excluding hydrogens is 416 g/mol. The number of rotatable bonds is 5. The van der Waals surface area contributed by atoms with Crippen LogP contribution in [0, 0.1) is 0 Å². The van der Waals surface area contributed by atoms with E-state index in [-0.39, 0.29) is 9.79 Å². The standard InChI is InChI=1S/C27H20N2O2S/c30-32(31,24-19-11-4-12-20-24)27-25(21-13-5-1-6-14-21)28-29(23-17-9-3-10-18-23)26(27)22-15-7-2-8-16-22/h1-20H. The number of sulfone groups is 1. The van der Waals surface area contributed by atoms with Crippen molar-refractivity contribution < 1.29 is 8.42 Å². The van der Waals surface area contributed by atoms with Crippen LogP contribution in [0.4, 0.5) is 0 Å². The number of hydrogen-bond donors (Lipinski definition) is 0. The maximum absolute atomic E-state index is 14.0. The Balaban J connectivity index is 1.92. The topological polar surface area (TPSA) is 52.0 Å². The molecule has 1 aromatic heterocycles. The summed E-state index contributed by atoms with van der Waals surface area (Å²) in [6, 6.07) is 37.1. The van der Waals surface area contributed by atoms with Gasteiger partial charge in [-0.1, -0.05) is 97.1 Å². The molecule has 5 aromatic rings. The van der Waals surface area contributed by atoms with Gasteiger partial charge in [-0.15, -0.1) is 0 Å². The lowest BCUT2D eigenvalue weighted by molar-refractivity contribution is 0.596. The quantitative estimate of drug-likeness (QED) is 0.338. The van der Waals surface area contributed by atoms with E-state index in [0.717, 1.165) is 16.8 Å². The molecule has 0 N–H and O–H groups in total. The molecule has 0 spiro atoms. The van der Waals surface area contributed by atoms with Crippen molar-refractivity contribution in [1.29, 1.82) is 0 Å². The van der Waals surface area contributed by atoms with Gasteiger partial charge < -0.3 is 0 Å². The van der Waals surface area contributed by atoms with Crippen LogP contribution < -0.4 is 0 Å². The molecule has 4 aromatic carbocycles. The van der Waals surface area contributed by atoms with Crippen molar-refractivity contribution in [2.75, 3.05) is 0 Å². The minimum atomic E-state index is -3.87. The van der Waals surface area contributed by atoms with E-state index in [1.54, 1.807) is 28.9 Å². The fourth-order valence-corrected chi connectivity index (χ4v) is 5.39. The number of benzene rings is 4. The normalized spacial score (nSPS) is 11.4. The van der Waals surface area contributed by atoms with E-state index < -0.39 is 9.84 Å². The zero-order valence-electron chi connectivity index (χ0n) is 17.2. The van der Waals surface area contributed by atoms with E-state index in [2.05, 4.69) is 0 Å². The van der Waals surface area contributed by atoms with Gasteiger partial charge in [0, 0.05) is 11.1 Å². The Labute approximate surface area is 187 Å². The summed E-state index contributed by atoms with van der Waals surface area (Å²) in [5, 5.41) is 4.86. The molecular formula is C27H20N2O2S. The van der Waals surface area contributed by atoms with E-state index in [1.807, 2.05) is 97.1 Å². The van der Waals surface area contributed by atoms with Crippen LogP contribution in [0.2, 0.25) is 0 Å². The van der Waals surface area contributed by atoms with Crippen LogP contribution in [0.1, 0.15) is 0 Å².